The van der Waals surface area contributed by atoms with Crippen LogP contribution >= 0.6 is 0 Å². The maximum absolute atomic E-state index is 11.2. The molecule has 0 atom stereocenters. The number of carbonyl (C=O) groups is 3. The molecule has 0 spiro atoms. The van der Waals surface area contributed by atoms with Gasteiger partial charge in [0.2, 0.25) is 0 Å². The van der Waals surface area contributed by atoms with Crippen LogP contribution in [0, 0.1) is 0 Å². The first-order valence-corrected chi connectivity index (χ1v) is 5.33. The van der Waals surface area contributed by atoms with E-state index >= 15 is 0 Å². The van der Waals surface area contributed by atoms with Gasteiger partial charge in [-0.1, -0.05) is 13.2 Å². The van der Waals surface area contributed by atoms with Crippen molar-refractivity contribution in [2.24, 2.45) is 0 Å². The molecule has 0 aliphatic carbocycles. The molecule has 0 aromatic carbocycles. The van der Waals surface area contributed by atoms with Crippen LogP contribution in [0.15, 0.2) is 24.8 Å². The Morgan fingerprint density at radius 3 is 2.17 bits per heavy atom. The molecule has 0 rings (SSSR count). The Morgan fingerprint density at radius 2 is 1.67 bits per heavy atom. The SMILES string of the molecule is C=CC(=O)OCCCCOC(=O)C(=C)CC(=O)O. The summed E-state index contributed by atoms with van der Waals surface area (Å²) in [7, 11) is 0. The van der Waals surface area contributed by atoms with Gasteiger partial charge in [0, 0.05) is 11.6 Å². The summed E-state index contributed by atoms with van der Waals surface area (Å²) in [5, 5.41) is 8.42. The number of aliphatic carboxylic acids is 1. The van der Waals surface area contributed by atoms with Crippen molar-refractivity contribution in [2.45, 2.75) is 19.3 Å². The second-order valence-electron chi connectivity index (χ2n) is 3.39. The van der Waals surface area contributed by atoms with E-state index in [2.05, 4.69) is 13.2 Å². The van der Waals surface area contributed by atoms with Crippen LogP contribution in [0.4, 0.5) is 0 Å². The molecular formula is C12H16O6. The highest BCUT2D eigenvalue weighted by atomic mass is 16.5. The molecule has 0 amide bonds. The fraction of sp³-hybridized carbons (Fsp3) is 0.417. The lowest BCUT2D eigenvalue weighted by molar-refractivity contribution is -0.143. The van der Waals surface area contributed by atoms with E-state index in [0.717, 1.165) is 6.08 Å². The molecule has 0 aromatic rings. The second-order valence-corrected chi connectivity index (χ2v) is 3.39. The number of carboxylic acids is 1. The van der Waals surface area contributed by atoms with E-state index < -0.39 is 24.3 Å². The molecule has 0 saturated carbocycles. The highest BCUT2D eigenvalue weighted by molar-refractivity contribution is 5.92. The molecule has 0 aliphatic heterocycles. The summed E-state index contributed by atoms with van der Waals surface area (Å²) < 4.78 is 9.48. The van der Waals surface area contributed by atoms with Crippen LogP contribution in [0.25, 0.3) is 0 Å². The van der Waals surface area contributed by atoms with Gasteiger partial charge in [0.1, 0.15) is 0 Å². The fourth-order valence-corrected chi connectivity index (χ4v) is 0.957. The minimum Gasteiger partial charge on any atom is -0.481 e. The predicted molar refractivity (Wildman–Crippen MR) is 62.7 cm³/mol. The molecular weight excluding hydrogens is 240 g/mol. The van der Waals surface area contributed by atoms with Crippen LogP contribution in [-0.4, -0.2) is 36.2 Å². The molecule has 0 saturated heterocycles. The van der Waals surface area contributed by atoms with E-state index in [4.69, 9.17) is 14.6 Å². The zero-order chi connectivity index (χ0) is 14.0. The standard InChI is InChI=1S/C12H16O6/c1-3-11(15)17-6-4-5-7-18-12(16)9(2)8-10(13)14/h3H,1-2,4-8H2,(H,13,14). The van der Waals surface area contributed by atoms with Crippen molar-refractivity contribution in [3.8, 4) is 0 Å². The lowest BCUT2D eigenvalue weighted by atomic mass is 10.2. The topological polar surface area (TPSA) is 89.9 Å². The van der Waals surface area contributed by atoms with Crippen molar-refractivity contribution in [1.82, 2.24) is 0 Å². The van der Waals surface area contributed by atoms with Gasteiger partial charge in [-0.3, -0.25) is 4.79 Å². The van der Waals surface area contributed by atoms with E-state index in [9.17, 15) is 14.4 Å². The third kappa shape index (κ3) is 8.09. The summed E-state index contributed by atoms with van der Waals surface area (Å²) in [4.78, 5) is 32.1. The molecule has 18 heavy (non-hydrogen) atoms. The Balaban J connectivity index is 3.57. The maximum Gasteiger partial charge on any atom is 0.333 e. The number of hydrogen-bond donors (Lipinski definition) is 1. The Morgan fingerprint density at radius 1 is 1.11 bits per heavy atom. The van der Waals surface area contributed by atoms with Crippen LogP contribution in [0.1, 0.15) is 19.3 Å². The van der Waals surface area contributed by atoms with Gasteiger partial charge in [-0.05, 0) is 12.8 Å². The summed E-state index contributed by atoms with van der Waals surface area (Å²) in [5.41, 5.74) is -0.0967. The highest BCUT2D eigenvalue weighted by Gasteiger charge is 2.11. The molecule has 6 nitrogen and oxygen atoms in total. The number of carboxylic acid groups (broad SMARTS) is 1. The van der Waals surface area contributed by atoms with Gasteiger partial charge in [-0.2, -0.15) is 0 Å². The summed E-state index contributed by atoms with van der Waals surface area (Å²) in [6, 6.07) is 0. The van der Waals surface area contributed by atoms with E-state index in [-0.39, 0.29) is 18.8 Å². The Hall–Kier alpha value is -2.11. The summed E-state index contributed by atoms with van der Waals surface area (Å²) in [5.74, 6) is -2.35. The van der Waals surface area contributed by atoms with E-state index in [1.54, 1.807) is 0 Å². The third-order valence-electron chi connectivity index (χ3n) is 1.84. The molecule has 1 N–H and O–H groups in total. The first-order chi connectivity index (χ1) is 8.47. The average molecular weight is 256 g/mol. The third-order valence-corrected chi connectivity index (χ3v) is 1.84. The molecule has 0 fully saturated rings. The van der Waals surface area contributed by atoms with Crippen molar-refractivity contribution in [3.63, 3.8) is 0 Å². The zero-order valence-corrected chi connectivity index (χ0v) is 10.0. The quantitative estimate of drug-likeness (QED) is 0.377. The van der Waals surface area contributed by atoms with Gasteiger partial charge >= 0.3 is 17.9 Å². The molecule has 0 radical (unpaired) electrons. The molecule has 0 unspecified atom stereocenters. The average Bonchev–Trinajstić information content (AvgIpc) is 2.31. The Kier molecular flexibility index (Phi) is 7.92. The van der Waals surface area contributed by atoms with E-state index in [1.807, 2.05) is 0 Å². The van der Waals surface area contributed by atoms with E-state index in [0.29, 0.717) is 12.8 Å². The second kappa shape index (κ2) is 8.98. The number of unbranched alkanes of at least 4 members (excludes halogenated alkanes) is 1. The Bertz CT molecular complexity index is 344. The number of rotatable bonds is 9. The van der Waals surface area contributed by atoms with Gasteiger partial charge in [0.15, 0.2) is 0 Å². The summed E-state index contributed by atoms with van der Waals surface area (Å²) >= 11 is 0. The largest absolute Gasteiger partial charge is 0.481 e. The number of hydrogen-bond acceptors (Lipinski definition) is 5. The minimum absolute atomic E-state index is 0.0967. The lowest BCUT2D eigenvalue weighted by Gasteiger charge is -2.05. The lowest BCUT2D eigenvalue weighted by Crippen LogP contribution is -2.12. The van der Waals surface area contributed by atoms with Crippen molar-refractivity contribution in [2.75, 3.05) is 13.2 Å². The Labute approximate surface area is 105 Å². The minimum atomic E-state index is -1.13. The first-order valence-electron chi connectivity index (χ1n) is 5.33. The van der Waals surface area contributed by atoms with Gasteiger partial charge < -0.3 is 14.6 Å². The molecule has 0 aliphatic rings. The number of ether oxygens (including phenoxy) is 2. The van der Waals surface area contributed by atoms with Crippen molar-refractivity contribution in [3.05, 3.63) is 24.8 Å². The monoisotopic (exact) mass is 256 g/mol. The molecule has 0 aromatic heterocycles. The number of esters is 2. The number of carbonyl (C=O) groups excluding carboxylic acids is 2. The van der Waals surface area contributed by atoms with Crippen LogP contribution < -0.4 is 0 Å². The molecule has 0 heterocycles. The predicted octanol–water partition coefficient (Wildman–Crippen LogP) is 1.07. The van der Waals surface area contributed by atoms with Gasteiger partial charge in [-0.15, -0.1) is 0 Å². The maximum atomic E-state index is 11.2. The van der Waals surface area contributed by atoms with Crippen molar-refractivity contribution >= 4 is 17.9 Å². The first kappa shape index (κ1) is 15.9. The van der Waals surface area contributed by atoms with Crippen LogP contribution in [0.3, 0.4) is 0 Å². The van der Waals surface area contributed by atoms with Gasteiger partial charge in [-0.25, -0.2) is 9.59 Å². The molecule has 100 valence electrons. The van der Waals surface area contributed by atoms with Gasteiger partial charge in [0.05, 0.1) is 19.6 Å². The normalized spacial score (nSPS) is 9.33. The van der Waals surface area contributed by atoms with Crippen LogP contribution in [-0.2, 0) is 23.9 Å². The molecule has 0 bridgehead atoms. The van der Waals surface area contributed by atoms with Crippen LogP contribution in [0.5, 0.6) is 0 Å². The van der Waals surface area contributed by atoms with E-state index in [1.165, 1.54) is 0 Å². The van der Waals surface area contributed by atoms with Crippen LogP contribution in [0.2, 0.25) is 0 Å². The van der Waals surface area contributed by atoms with Gasteiger partial charge in [0.25, 0.3) is 0 Å². The highest BCUT2D eigenvalue weighted by Crippen LogP contribution is 2.02. The summed E-state index contributed by atoms with van der Waals surface area (Å²) in [6.07, 6.45) is 1.68. The smallest absolute Gasteiger partial charge is 0.333 e. The molecule has 6 heteroatoms. The zero-order valence-electron chi connectivity index (χ0n) is 10.0. The fourth-order valence-electron chi connectivity index (χ4n) is 0.957. The van der Waals surface area contributed by atoms with Crippen molar-refractivity contribution in [1.29, 1.82) is 0 Å². The van der Waals surface area contributed by atoms with Crippen molar-refractivity contribution < 1.29 is 29.0 Å². The summed E-state index contributed by atoms with van der Waals surface area (Å²) in [6.45, 7) is 6.90.